The highest BCUT2D eigenvalue weighted by molar-refractivity contribution is 6.12. The molecule has 1 aromatic heterocycles. The van der Waals surface area contributed by atoms with E-state index < -0.39 is 0 Å². The Hall–Kier alpha value is -8.00. The van der Waals surface area contributed by atoms with Crippen LogP contribution in [0.15, 0.2) is 174 Å². The molecule has 11 aromatic rings. The molecule has 0 bridgehead atoms. The van der Waals surface area contributed by atoms with E-state index in [1.165, 1.54) is 156 Å². The summed E-state index contributed by atoms with van der Waals surface area (Å²) < 4.78 is 7.13. The van der Waals surface area contributed by atoms with E-state index >= 15 is 0 Å². The molecule has 0 fully saturated rings. The van der Waals surface area contributed by atoms with E-state index in [0.29, 0.717) is 0 Å². The van der Waals surface area contributed by atoms with Gasteiger partial charge in [0.15, 0.2) is 0 Å². The van der Waals surface area contributed by atoms with E-state index in [4.69, 9.17) is 4.42 Å². The normalized spacial score (nSPS) is 13.3. The zero-order chi connectivity index (χ0) is 45.8. The van der Waals surface area contributed by atoms with E-state index in [-0.39, 0.29) is 0 Å². The van der Waals surface area contributed by atoms with E-state index in [1.807, 2.05) is 0 Å². The summed E-state index contributed by atoms with van der Waals surface area (Å²) in [6, 6.07) is 65.9. The van der Waals surface area contributed by atoms with Crippen LogP contribution in [0.5, 0.6) is 0 Å². The number of hydrogen-bond donors (Lipinski definition) is 0. The van der Waals surface area contributed by atoms with E-state index in [0.717, 1.165) is 47.6 Å². The summed E-state index contributed by atoms with van der Waals surface area (Å²) in [4.78, 5) is 0. The lowest BCUT2D eigenvalue weighted by molar-refractivity contribution is 0.669. The minimum atomic E-state index is 0.912. The van der Waals surface area contributed by atoms with Crippen molar-refractivity contribution < 1.29 is 4.42 Å². The Bertz CT molecular complexity index is 3850. The Morgan fingerprint density at radius 3 is 0.739 bits per heavy atom. The van der Waals surface area contributed by atoms with E-state index in [1.54, 1.807) is 0 Å². The van der Waals surface area contributed by atoms with Crippen LogP contribution in [0.4, 0.5) is 0 Å². The molecular weight excluding hydrogens is 833 g/mol. The maximum Gasteiger partial charge on any atom is 0.136 e. The number of furan rings is 1. The molecule has 0 amide bonds. The summed E-state index contributed by atoms with van der Waals surface area (Å²) >= 11 is 0. The first kappa shape index (κ1) is 39.0. The Morgan fingerprint density at radius 1 is 0.232 bits per heavy atom. The lowest BCUT2D eigenvalue weighted by Crippen LogP contribution is -1.91. The van der Waals surface area contributed by atoms with E-state index in [2.05, 4.69) is 198 Å². The van der Waals surface area contributed by atoms with Gasteiger partial charge in [0.25, 0.3) is 0 Å². The van der Waals surface area contributed by atoms with Crippen LogP contribution in [-0.4, -0.2) is 0 Å². The molecule has 1 nitrogen and oxygen atoms in total. The fourth-order valence-corrected chi connectivity index (χ4v) is 12.9. The first-order valence-electron chi connectivity index (χ1n) is 24.7. The van der Waals surface area contributed by atoms with Gasteiger partial charge in [-0.2, -0.15) is 0 Å². The Balaban J connectivity index is 0.934. The SMILES string of the molecule is Cc1ccc2c(c1)Cc1cc(-c3cc4oc5cc(-c6ccc7c(c6)Cc6cc(C)ccc6-7)c(-c6ccc7c(c6)Cc6cc(C)ccc6-7)cc5c4cc3-c3ccc4c(c3)Cc3cc(C)ccc3-4)ccc1-2. The van der Waals surface area contributed by atoms with Crippen molar-refractivity contribution in [3.63, 3.8) is 0 Å². The third kappa shape index (κ3) is 5.96. The van der Waals surface area contributed by atoms with Gasteiger partial charge in [-0.05, 0) is 211 Å². The van der Waals surface area contributed by atoms with Crippen LogP contribution in [0.3, 0.4) is 0 Å². The van der Waals surface area contributed by atoms with Crippen molar-refractivity contribution in [3.05, 3.63) is 237 Å². The van der Waals surface area contributed by atoms with Crippen LogP contribution < -0.4 is 0 Å². The number of aryl methyl sites for hydroxylation is 4. The Morgan fingerprint density at radius 2 is 0.464 bits per heavy atom. The van der Waals surface area contributed by atoms with E-state index in [9.17, 15) is 0 Å². The molecule has 1 heteroatoms. The van der Waals surface area contributed by atoms with Gasteiger partial charge in [-0.15, -0.1) is 0 Å². The fourth-order valence-electron chi connectivity index (χ4n) is 12.9. The lowest BCUT2D eigenvalue weighted by atomic mass is 9.88. The molecule has 0 radical (unpaired) electrons. The average Bonchev–Trinajstić information content (AvgIpc) is 4.17. The molecule has 15 rings (SSSR count). The van der Waals surface area contributed by atoms with Crippen LogP contribution in [0.2, 0.25) is 0 Å². The second-order valence-corrected chi connectivity index (χ2v) is 20.7. The Kier molecular flexibility index (Phi) is 8.07. The molecule has 0 saturated heterocycles. The van der Waals surface area contributed by atoms with Gasteiger partial charge in [-0.3, -0.25) is 0 Å². The summed E-state index contributed by atoms with van der Waals surface area (Å²) in [6.07, 6.45) is 3.81. The molecule has 0 unspecified atom stereocenters. The first-order chi connectivity index (χ1) is 33.7. The largest absolute Gasteiger partial charge is 0.456 e. The second kappa shape index (κ2) is 14.3. The van der Waals surface area contributed by atoms with Crippen molar-refractivity contribution in [2.45, 2.75) is 53.4 Å². The maximum absolute atomic E-state index is 7.13. The molecule has 1 heterocycles. The third-order valence-corrected chi connectivity index (χ3v) is 16.1. The molecule has 0 saturated carbocycles. The summed E-state index contributed by atoms with van der Waals surface area (Å²) in [7, 11) is 0. The summed E-state index contributed by atoms with van der Waals surface area (Å²) in [5, 5.41) is 2.28. The number of hydrogen-bond acceptors (Lipinski definition) is 1. The highest BCUT2D eigenvalue weighted by Crippen LogP contribution is 2.49. The van der Waals surface area contributed by atoms with Crippen molar-refractivity contribution in [3.8, 4) is 89.0 Å². The zero-order valence-corrected chi connectivity index (χ0v) is 39.4. The molecule has 326 valence electrons. The molecule has 0 N–H and O–H groups in total. The first-order valence-corrected chi connectivity index (χ1v) is 24.7. The minimum Gasteiger partial charge on any atom is -0.456 e. The van der Waals surface area contributed by atoms with Crippen molar-refractivity contribution in [2.75, 3.05) is 0 Å². The topological polar surface area (TPSA) is 13.1 Å². The van der Waals surface area contributed by atoms with Crippen molar-refractivity contribution in [1.82, 2.24) is 0 Å². The number of rotatable bonds is 4. The quantitative estimate of drug-likeness (QED) is 0.172. The van der Waals surface area contributed by atoms with Gasteiger partial charge in [0.1, 0.15) is 11.2 Å². The van der Waals surface area contributed by atoms with Gasteiger partial charge in [0.05, 0.1) is 0 Å². The number of benzene rings is 10. The molecule has 0 spiro atoms. The standard InChI is InChI=1S/C68H48O/c1-37-5-13-53-45(21-37)29-49-25-41(9-17-57(49)53)61-33-65-66-34-62(42-10-18-58-50(26-42)30-46-22-38(2)6-14-54(46)58)64(44-12-20-60-52(28-44)32-48-24-40(4)8-16-56(48)60)36-68(66)69-67(65)35-63(61)43-11-19-59-51(27-43)31-47-23-39(3)7-15-55(47)59/h5-28,33-36H,29-32H2,1-4H3. The molecule has 10 aromatic carbocycles. The average molecular weight is 881 g/mol. The van der Waals surface area contributed by atoms with Crippen LogP contribution >= 0.6 is 0 Å². The highest BCUT2D eigenvalue weighted by atomic mass is 16.3. The molecular formula is C68H48O. The second-order valence-electron chi connectivity index (χ2n) is 20.7. The van der Waals surface area contributed by atoms with Crippen LogP contribution in [-0.2, 0) is 25.7 Å². The van der Waals surface area contributed by atoms with Crippen LogP contribution in [0.1, 0.15) is 66.8 Å². The van der Waals surface area contributed by atoms with Gasteiger partial charge in [0.2, 0.25) is 0 Å². The van der Waals surface area contributed by atoms with Crippen molar-refractivity contribution >= 4 is 21.9 Å². The van der Waals surface area contributed by atoms with Gasteiger partial charge in [-0.25, -0.2) is 0 Å². The van der Waals surface area contributed by atoms with Crippen molar-refractivity contribution in [2.24, 2.45) is 0 Å². The zero-order valence-electron chi connectivity index (χ0n) is 39.4. The summed E-state index contributed by atoms with van der Waals surface area (Å²) in [6.45, 7) is 8.80. The fraction of sp³-hybridized carbons (Fsp3) is 0.118. The molecule has 69 heavy (non-hydrogen) atoms. The van der Waals surface area contributed by atoms with Gasteiger partial charge >= 0.3 is 0 Å². The van der Waals surface area contributed by atoms with Gasteiger partial charge in [0, 0.05) is 10.8 Å². The minimum absolute atomic E-state index is 0.912. The monoisotopic (exact) mass is 880 g/mol. The highest BCUT2D eigenvalue weighted by Gasteiger charge is 2.26. The maximum atomic E-state index is 7.13. The molecule has 4 aliphatic rings. The van der Waals surface area contributed by atoms with Crippen LogP contribution in [0.25, 0.3) is 111 Å². The van der Waals surface area contributed by atoms with Gasteiger partial charge < -0.3 is 4.42 Å². The molecule has 0 aliphatic heterocycles. The van der Waals surface area contributed by atoms with Crippen LogP contribution in [0, 0.1) is 27.7 Å². The predicted octanol–water partition coefficient (Wildman–Crippen LogP) is 17.8. The summed E-state index contributed by atoms with van der Waals surface area (Å²) in [5.74, 6) is 0. The lowest BCUT2D eigenvalue weighted by Gasteiger charge is -2.15. The third-order valence-electron chi connectivity index (χ3n) is 16.1. The summed E-state index contributed by atoms with van der Waals surface area (Å²) in [5.41, 5.74) is 39.0. The smallest absolute Gasteiger partial charge is 0.136 e. The Labute approximate surface area is 403 Å². The number of fused-ring (bicyclic) bond motifs is 15. The molecule has 0 atom stereocenters. The van der Waals surface area contributed by atoms with Gasteiger partial charge in [-0.1, -0.05) is 168 Å². The molecule has 4 aliphatic carbocycles. The van der Waals surface area contributed by atoms with Crippen molar-refractivity contribution in [1.29, 1.82) is 0 Å². The predicted molar refractivity (Wildman–Crippen MR) is 287 cm³/mol.